The van der Waals surface area contributed by atoms with Gasteiger partial charge >= 0.3 is 5.69 Å². The van der Waals surface area contributed by atoms with E-state index in [1.807, 2.05) is 0 Å². The Hall–Kier alpha value is -2.07. The fourth-order valence-corrected chi connectivity index (χ4v) is 1.61. The number of benzene rings is 2. The molecule has 91 valence electrons. The molecule has 0 unspecified atom stereocenters. The maximum atomic E-state index is 10.9. The molecule has 5 heteroatoms. The fourth-order valence-electron chi connectivity index (χ4n) is 1.44. The lowest BCUT2D eigenvalue weighted by Crippen LogP contribution is -1.94. The van der Waals surface area contributed by atoms with Crippen LogP contribution in [-0.2, 0) is 0 Å². The second kappa shape index (κ2) is 5.06. The van der Waals surface area contributed by atoms with E-state index in [4.69, 9.17) is 16.3 Å². The molecule has 0 bridgehead atoms. The van der Waals surface area contributed by atoms with Gasteiger partial charge in [-0.2, -0.15) is 0 Å². The topological polar surface area (TPSA) is 52.4 Å². The molecular weight excluding hydrogens is 254 g/mol. The van der Waals surface area contributed by atoms with Gasteiger partial charge in [-0.25, -0.2) is 0 Å². The molecule has 0 fully saturated rings. The molecule has 0 N–H and O–H groups in total. The first-order chi connectivity index (χ1) is 8.58. The molecule has 0 saturated heterocycles. The highest BCUT2D eigenvalue weighted by atomic mass is 35.5. The third kappa shape index (κ3) is 2.60. The first kappa shape index (κ1) is 12.4. The normalized spacial score (nSPS) is 10.1. The predicted molar refractivity (Wildman–Crippen MR) is 69.1 cm³/mol. The van der Waals surface area contributed by atoms with Crippen molar-refractivity contribution in [2.45, 2.75) is 0 Å². The molecule has 0 atom stereocenters. The zero-order valence-corrected chi connectivity index (χ0v) is 10.1. The van der Waals surface area contributed by atoms with Crippen LogP contribution in [0.25, 0.3) is 0 Å². The molecule has 18 heavy (non-hydrogen) atoms. The Morgan fingerprint density at radius 3 is 2.56 bits per heavy atom. The van der Waals surface area contributed by atoms with Crippen LogP contribution >= 0.6 is 11.6 Å². The largest absolute Gasteiger partial charge is 0.449 e. The highest BCUT2D eigenvalue weighted by Crippen LogP contribution is 2.34. The van der Waals surface area contributed by atoms with Gasteiger partial charge in [0.2, 0.25) is 5.75 Å². The Bertz CT molecular complexity index is 599. The lowest BCUT2D eigenvalue weighted by atomic mass is 10.2. The van der Waals surface area contributed by atoms with Crippen LogP contribution in [0.3, 0.4) is 0 Å². The Morgan fingerprint density at radius 2 is 1.89 bits per heavy atom. The zero-order valence-electron chi connectivity index (χ0n) is 9.30. The van der Waals surface area contributed by atoms with Gasteiger partial charge in [-0.15, -0.1) is 0 Å². The van der Waals surface area contributed by atoms with E-state index < -0.39 is 4.92 Å². The summed E-state index contributed by atoms with van der Waals surface area (Å²) in [6, 6.07) is 11.3. The number of hydrogen-bond donors (Lipinski definition) is 0. The standard InChI is InChI=1S/C13H9ClNO3/c1-9-6-7-13(11(8-9)15(16)17)18-12-5-3-2-4-10(12)14/h2-8H,1H2. The number of para-hydroxylation sites is 1. The average Bonchev–Trinajstić information content (AvgIpc) is 2.34. The van der Waals surface area contributed by atoms with Crippen LogP contribution in [0.5, 0.6) is 11.5 Å². The number of nitro benzene ring substituents is 1. The summed E-state index contributed by atoms with van der Waals surface area (Å²) in [5, 5.41) is 11.3. The number of nitrogens with zero attached hydrogens (tertiary/aromatic N) is 1. The molecule has 0 heterocycles. The third-order valence-electron chi connectivity index (χ3n) is 2.28. The van der Waals surface area contributed by atoms with Crippen molar-refractivity contribution in [1.29, 1.82) is 0 Å². The van der Waals surface area contributed by atoms with Crippen LogP contribution in [0.15, 0.2) is 42.5 Å². The molecule has 0 aliphatic carbocycles. The Morgan fingerprint density at radius 1 is 1.17 bits per heavy atom. The van der Waals surface area contributed by atoms with Crippen LogP contribution in [0.2, 0.25) is 5.02 Å². The highest BCUT2D eigenvalue weighted by Gasteiger charge is 2.16. The van der Waals surface area contributed by atoms with Gasteiger partial charge in [0.05, 0.1) is 9.95 Å². The van der Waals surface area contributed by atoms with Crippen molar-refractivity contribution in [3.05, 3.63) is 70.1 Å². The van der Waals surface area contributed by atoms with Crippen molar-refractivity contribution in [2.24, 2.45) is 0 Å². The summed E-state index contributed by atoms with van der Waals surface area (Å²) in [6.45, 7) is 3.64. The first-order valence-electron chi connectivity index (χ1n) is 5.10. The maximum absolute atomic E-state index is 10.9. The minimum absolute atomic E-state index is 0.137. The minimum Gasteiger partial charge on any atom is -0.449 e. The van der Waals surface area contributed by atoms with Crippen molar-refractivity contribution in [1.82, 2.24) is 0 Å². The highest BCUT2D eigenvalue weighted by molar-refractivity contribution is 6.32. The van der Waals surface area contributed by atoms with Crippen LogP contribution < -0.4 is 4.74 Å². The minimum atomic E-state index is -0.513. The molecule has 1 radical (unpaired) electrons. The molecule has 2 aromatic rings. The number of rotatable bonds is 3. The molecule has 0 aliphatic rings. The SMILES string of the molecule is [CH2]c1ccc(Oc2ccccc2Cl)c([N+](=O)[O-])c1. The van der Waals surface area contributed by atoms with Crippen LogP contribution in [0, 0.1) is 17.0 Å². The third-order valence-corrected chi connectivity index (χ3v) is 2.59. The summed E-state index contributed by atoms with van der Waals surface area (Å²) in [6.07, 6.45) is 0. The average molecular weight is 263 g/mol. The van der Waals surface area contributed by atoms with Crippen LogP contribution in [0.4, 0.5) is 5.69 Å². The predicted octanol–water partition coefficient (Wildman–Crippen LogP) is 4.22. The maximum Gasteiger partial charge on any atom is 0.311 e. The number of nitro groups is 1. The van der Waals surface area contributed by atoms with Crippen molar-refractivity contribution < 1.29 is 9.66 Å². The molecular formula is C13H9ClNO3. The van der Waals surface area contributed by atoms with Gasteiger partial charge in [-0.1, -0.05) is 29.8 Å². The fraction of sp³-hybridized carbons (Fsp3) is 0. The van der Waals surface area contributed by atoms with E-state index in [0.717, 1.165) is 0 Å². The summed E-state index contributed by atoms with van der Waals surface area (Å²) in [5.41, 5.74) is 0.413. The van der Waals surface area contributed by atoms with Crippen molar-refractivity contribution in [3.8, 4) is 11.5 Å². The smallest absolute Gasteiger partial charge is 0.311 e. The van der Waals surface area contributed by atoms with Gasteiger partial charge in [0.25, 0.3) is 0 Å². The van der Waals surface area contributed by atoms with Gasteiger partial charge in [0, 0.05) is 6.07 Å². The molecule has 0 spiro atoms. The van der Waals surface area contributed by atoms with Gasteiger partial charge in [0.15, 0.2) is 0 Å². The van der Waals surface area contributed by atoms with Crippen molar-refractivity contribution in [2.75, 3.05) is 0 Å². The van der Waals surface area contributed by atoms with Gasteiger partial charge in [-0.3, -0.25) is 10.1 Å². The number of hydrogen-bond acceptors (Lipinski definition) is 3. The molecule has 0 amide bonds. The first-order valence-corrected chi connectivity index (χ1v) is 5.48. The Labute approximate surface area is 109 Å². The van der Waals surface area contributed by atoms with Gasteiger partial charge < -0.3 is 4.74 Å². The number of ether oxygens (including phenoxy) is 1. The van der Waals surface area contributed by atoms with E-state index in [1.54, 1.807) is 30.3 Å². The van der Waals surface area contributed by atoms with E-state index in [2.05, 4.69) is 6.92 Å². The monoisotopic (exact) mass is 262 g/mol. The van der Waals surface area contributed by atoms with Crippen molar-refractivity contribution >= 4 is 17.3 Å². The molecule has 4 nitrogen and oxygen atoms in total. The lowest BCUT2D eigenvalue weighted by molar-refractivity contribution is -0.385. The summed E-state index contributed by atoms with van der Waals surface area (Å²) < 4.78 is 5.46. The van der Waals surface area contributed by atoms with E-state index in [9.17, 15) is 10.1 Å². The van der Waals surface area contributed by atoms with E-state index in [-0.39, 0.29) is 11.4 Å². The molecule has 2 aromatic carbocycles. The molecule has 0 aliphatic heterocycles. The van der Waals surface area contributed by atoms with Gasteiger partial charge in [-0.05, 0) is 30.7 Å². The van der Waals surface area contributed by atoms with Gasteiger partial charge in [0.1, 0.15) is 5.75 Å². The molecule has 0 aromatic heterocycles. The summed E-state index contributed by atoms with van der Waals surface area (Å²) in [4.78, 5) is 10.4. The summed E-state index contributed by atoms with van der Waals surface area (Å²) in [5.74, 6) is 0.513. The Kier molecular flexibility index (Phi) is 3.48. The van der Waals surface area contributed by atoms with E-state index >= 15 is 0 Å². The number of halogens is 1. The molecule has 0 saturated carbocycles. The zero-order chi connectivity index (χ0) is 13.1. The summed E-state index contributed by atoms with van der Waals surface area (Å²) in [7, 11) is 0. The Balaban J connectivity index is 2.41. The second-order valence-corrected chi connectivity index (χ2v) is 4.00. The lowest BCUT2D eigenvalue weighted by Gasteiger charge is -2.08. The van der Waals surface area contributed by atoms with E-state index in [1.165, 1.54) is 12.1 Å². The summed E-state index contributed by atoms with van der Waals surface area (Å²) >= 11 is 5.93. The van der Waals surface area contributed by atoms with Crippen LogP contribution in [0.1, 0.15) is 5.56 Å². The van der Waals surface area contributed by atoms with E-state index in [0.29, 0.717) is 16.3 Å². The molecule has 2 rings (SSSR count). The van der Waals surface area contributed by atoms with Crippen LogP contribution in [-0.4, -0.2) is 4.92 Å². The second-order valence-electron chi connectivity index (χ2n) is 3.59. The quantitative estimate of drug-likeness (QED) is 0.615. The van der Waals surface area contributed by atoms with Crippen molar-refractivity contribution in [3.63, 3.8) is 0 Å².